The van der Waals surface area contributed by atoms with Crippen molar-refractivity contribution < 1.29 is 4.79 Å². The number of rotatable bonds is 7. The molecule has 3 aliphatic rings. The van der Waals surface area contributed by atoms with E-state index in [2.05, 4.69) is 50.3 Å². The van der Waals surface area contributed by atoms with Crippen LogP contribution in [0, 0.1) is 29.1 Å². The Morgan fingerprint density at radius 3 is 2.56 bits per heavy atom. The average molecular weight is 597 g/mol. The Hall–Kier alpha value is -4.08. The molecule has 0 radical (unpaired) electrons. The van der Waals surface area contributed by atoms with Crippen molar-refractivity contribution in [2.75, 3.05) is 36.4 Å². The van der Waals surface area contributed by atoms with Crippen molar-refractivity contribution in [1.29, 1.82) is 5.26 Å². The zero-order valence-corrected chi connectivity index (χ0v) is 25.3. The first-order valence-corrected chi connectivity index (χ1v) is 16.0. The van der Waals surface area contributed by atoms with Crippen molar-refractivity contribution >= 4 is 33.6 Å². The van der Waals surface area contributed by atoms with Gasteiger partial charge in [0.15, 0.2) is 5.01 Å². The third kappa shape index (κ3) is 5.21. The van der Waals surface area contributed by atoms with Crippen LogP contribution in [0.2, 0.25) is 0 Å². The molecule has 7 rings (SSSR count). The minimum atomic E-state index is -0.147. The molecule has 6 heterocycles. The lowest BCUT2D eigenvalue weighted by Gasteiger charge is -2.45. The number of pyridine rings is 1. The maximum absolute atomic E-state index is 11.7. The van der Waals surface area contributed by atoms with E-state index < -0.39 is 0 Å². The molecule has 2 bridgehead atoms. The third-order valence-corrected chi connectivity index (χ3v) is 10.3. The molecule has 43 heavy (non-hydrogen) atoms. The fourth-order valence-electron chi connectivity index (χ4n) is 7.33. The Morgan fingerprint density at radius 1 is 1.09 bits per heavy atom. The lowest BCUT2D eigenvalue weighted by atomic mass is 9.87. The van der Waals surface area contributed by atoms with Crippen molar-refractivity contribution in [1.82, 2.24) is 29.7 Å². The van der Waals surface area contributed by atoms with E-state index in [0.717, 1.165) is 77.3 Å². The molecule has 2 saturated heterocycles. The second-order valence-electron chi connectivity index (χ2n) is 12.4. The second kappa shape index (κ2) is 11.2. The molecule has 1 aliphatic carbocycles. The fraction of sp³-hybridized carbons (Fsp3) is 0.484. The number of piperidine rings is 2. The van der Waals surface area contributed by atoms with Gasteiger partial charge in [-0.15, -0.1) is 10.2 Å². The van der Waals surface area contributed by atoms with Crippen LogP contribution in [-0.4, -0.2) is 73.9 Å². The number of anilines is 2. The summed E-state index contributed by atoms with van der Waals surface area (Å²) in [5.41, 5.74) is 10.5. The molecule has 4 aromatic heterocycles. The minimum Gasteiger partial charge on any atom is -0.382 e. The number of nitriles is 1. The van der Waals surface area contributed by atoms with Gasteiger partial charge in [0.1, 0.15) is 6.07 Å². The van der Waals surface area contributed by atoms with Crippen molar-refractivity contribution in [2.24, 2.45) is 23.5 Å². The Kier molecular flexibility index (Phi) is 7.23. The Bertz CT molecular complexity index is 1680. The summed E-state index contributed by atoms with van der Waals surface area (Å²) in [5, 5.41) is 28.4. The lowest BCUT2D eigenvalue weighted by molar-refractivity contribution is -0.123. The van der Waals surface area contributed by atoms with Crippen LogP contribution in [-0.2, 0) is 4.79 Å². The van der Waals surface area contributed by atoms with Gasteiger partial charge in [-0.3, -0.25) is 14.7 Å². The number of nitrogens with one attached hydrogen (secondary N) is 1. The molecule has 12 heteroatoms. The topological polar surface area (TPSA) is 141 Å². The summed E-state index contributed by atoms with van der Waals surface area (Å²) in [6.07, 6.45) is 7.69. The molecule has 0 spiro atoms. The molecule has 3 fully saturated rings. The van der Waals surface area contributed by atoms with Crippen LogP contribution in [0.25, 0.3) is 27.5 Å². The van der Waals surface area contributed by atoms with Crippen molar-refractivity contribution in [3.63, 3.8) is 0 Å². The van der Waals surface area contributed by atoms with E-state index in [1.807, 2.05) is 35.0 Å². The Labute approximate surface area is 254 Å². The summed E-state index contributed by atoms with van der Waals surface area (Å²) in [4.78, 5) is 21.5. The van der Waals surface area contributed by atoms with Crippen molar-refractivity contribution in [2.45, 2.75) is 51.6 Å². The normalized spacial score (nSPS) is 22.7. The lowest BCUT2D eigenvalue weighted by Crippen LogP contribution is -2.55. The number of amides is 1. The van der Waals surface area contributed by atoms with E-state index in [1.54, 1.807) is 17.5 Å². The monoisotopic (exact) mass is 596 g/mol. The molecule has 11 nitrogen and oxygen atoms in total. The van der Waals surface area contributed by atoms with Gasteiger partial charge in [-0.25, -0.2) is 4.52 Å². The first-order valence-electron chi connectivity index (χ1n) is 15.1. The number of fused-ring (bicyclic) bond motifs is 3. The number of hydrogen-bond acceptors (Lipinski definition) is 10. The minimum absolute atomic E-state index is 0.0320. The van der Waals surface area contributed by atoms with Crippen LogP contribution in [0.3, 0.4) is 0 Å². The number of hydrogen-bond donors (Lipinski definition) is 2. The summed E-state index contributed by atoms with van der Waals surface area (Å²) in [6, 6.07) is 10.7. The highest BCUT2D eigenvalue weighted by atomic mass is 32.1. The summed E-state index contributed by atoms with van der Waals surface area (Å²) >= 11 is 1.63. The smallest absolute Gasteiger partial charge is 0.220 e. The van der Waals surface area contributed by atoms with Gasteiger partial charge in [0.2, 0.25) is 11.0 Å². The van der Waals surface area contributed by atoms with Crippen LogP contribution < -0.4 is 16.0 Å². The first kappa shape index (κ1) is 27.7. The molecule has 1 saturated carbocycles. The summed E-state index contributed by atoms with van der Waals surface area (Å²) in [7, 11) is 0. The molecule has 0 aromatic carbocycles. The molecule has 2 aliphatic heterocycles. The van der Waals surface area contributed by atoms with E-state index >= 15 is 0 Å². The number of carbonyl (C=O) groups excluding carboxylic acids is 1. The molecule has 1 amide bonds. The molecular formula is C31H36N10OS. The molecule has 3 N–H and O–H groups in total. The summed E-state index contributed by atoms with van der Waals surface area (Å²) < 4.78 is 1.81. The highest BCUT2D eigenvalue weighted by Crippen LogP contribution is 2.44. The SMILES string of the molecule is CC(C)Nc1cc(-c2ccc3cc(C#N)cnn23)ncc1-c1nnc(N2CC3CCC(C2)C3N2CCC(C(N)=O)CC2)s1. The number of carbonyl (C=O) groups is 1. The van der Waals surface area contributed by atoms with Gasteiger partial charge >= 0.3 is 0 Å². The predicted octanol–water partition coefficient (Wildman–Crippen LogP) is 4.02. The van der Waals surface area contributed by atoms with E-state index in [1.165, 1.54) is 12.8 Å². The highest BCUT2D eigenvalue weighted by molar-refractivity contribution is 7.18. The van der Waals surface area contributed by atoms with Gasteiger partial charge in [0.25, 0.3) is 0 Å². The van der Waals surface area contributed by atoms with E-state index in [-0.39, 0.29) is 17.9 Å². The van der Waals surface area contributed by atoms with Gasteiger partial charge in [-0.2, -0.15) is 10.4 Å². The van der Waals surface area contributed by atoms with Gasteiger partial charge in [-0.1, -0.05) is 11.3 Å². The number of aromatic nitrogens is 5. The number of likely N-dealkylation sites (tertiary alicyclic amines) is 1. The number of nitrogens with zero attached hydrogens (tertiary/aromatic N) is 8. The van der Waals surface area contributed by atoms with Crippen LogP contribution in [0.4, 0.5) is 10.8 Å². The van der Waals surface area contributed by atoms with Gasteiger partial charge in [0, 0.05) is 43.0 Å². The van der Waals surface area contributed by atoms with Crippen LogP contribution in [0.15, 0.2) is 36.7 Å². The van der Waals surface area contributed by atoms with E-state index in [4.69, 9.17) is 10.7 Å². The van der Waals surface area contributed by atoms with Crippen LogP contribution >= 0.6 is 11.3 Å². The first-order chi connectivity index (χ1) is 20.9. The molecular weight excluding hydrogens is 560 g/mol. The average Bonchev–Trinajstić information content (AvgIpc) is 3.72. The maximum atomic E-state index is 11.7. The van der Waals surface area contributed by atoms with Crippen LogP contribution in [0.1, 0.15) is 45.1 Å². The largest absolute Gasteiger partial charge is 0.382 e. The van der Waals surface area contributed by atoms with E-state index in [0.29, 0.717) is 23.4 Å². The van der Waals surface area contributed by atoms with E-state index in [9.17, 15) is 10.1 Å². The van der Waals surface area contributed by atoms with Crippen molar-refractivity contribution in [3.8, 4) is 28.0 Å². The molecule has 2 unspecified atom stereocenters. The Balaban J connectivity index is 1.11. The zero-order chi connectivity index (χ0) is 29.7. The second-order valence-corrected chi connectivity index (χ2v) is 13.4. The summed E-state index contributed by atoms with van der Waals surface area (Å²) in [6.45, 7) is 8.15. The van der Waals surface area contributed by atoms with Crippen LogP contribution in [0.5, 0.6) is 0 Å². The van der Waals surface area contributed by atoms with Gasteiger partial charge in [-0.05, 0) is 88.7 Å². The third-order valence-electron chi connectivity index (χ3n) is 9.29. The summed E-state index contributed by atoms with van der Waals surface area (Å²) in [5.74, 6) is 1.09. The maximum Gasteiger partial charge on any atom is 0.220 e. The number of nitrogens with two attached hydrogens (primary N) is 1. The highest BCUT2D eigenvalue weighted by Gasteiger charge is 2.46. The predicted molar refractivity (Wildman–Crippen MR) is 167 cm³/mol. The van der Waals surface area contributed by atoms with Gasteiger partial charge < -0.3 is 16.0 Å². The van der Waals surface area contributed by atoms with Gasteiger partial charge in [0.05, 0.1) is 34.2 Å². The van der Waals surface area contributed by atoms with Crippen molar-refractivity contribution in [3.05, 3.63) is 42.2 Å². The quantitative estimate of drug-likeness (QED) is 0.324. The molecule has 2 atom stereocenters. The fourth-order valence-corrected chi connectivity index (χ4v) is 8.22. The zero-order valence-electron chi connectivity index (χ0n) is 24.5. The molecule has 222 valence electrons. The number of primary amides is 1. The Morgan fingerprint density at radius 2 is 1.86 bits per heavy atom. The molecule has 4 aromatic rings. The standard InChI is InChI=1S/C31H36N10OS/c1-18(2)36-25-12-26(27-6-5-23-11-19(13-32)14-35-41(23)27)34-15-24(25)30-37-38-31(43-30)40-16-21-3-4-22(17-40)28(21)39-9-7-20(8-10-39)29(33)42/h5-6,11-12,14-15,18,20-22,28H,3-4,7-10,16-17H2,1-2H3,(H2,33,42)(H,34,36).